The molecule has 0 heterocycles. The van der Waals surface area contributed by atoms with Crippen LogP contribution >= 0.6 is 0 Å². The molecular weight excluding hydrogens is 571 g/mol. The van der Waals surface area contributed by atoms with Gasteiger partial charge in [0.2, 0.25) is 0 Å². The molecule has 37 heavy (non-hydrogen) atoms. The smallest absolute Gasteiger partial charge is 1.00 e. The van der Waals surface area contributed by atoms with E-state index in [4.69, 9.17) is 0 Å². The first-order valence-corrected chi connectivity index (χ1v) is 12.2. The Morgan fingerprint density at radius 1 is 0.541 bits per heavy atom. The molecule has 0 radical (unpaired) electrons. The van der Waals surface area contributed by atoms with Crippen molar-refractivity contribution in [2.24, 2.45) is 0 Å². The molecule has 0 atom stereocenters. The summed E-state index contributed by atoms with van der Waals surface area (Å²) >= 11 is 0. The number of fused-ring (bicyclic) bond motifs is 6. The van der Waals surface area contributed by atoms with Gasteiger partial charge in [0, 0.05) is 0 Å². The molecule has 0 unspecified atom stereocenters. The molecule has 6 rings (SSSR count). The van der Waals surface area contributed by atoms with Crippen LogP contribution in [0, 0.1) is 45.7 Å². The second-order valence-electron chi connectivity index (χ2n) is 10.3. The molecule has 192 valence electrons. The molecule has 0 spiro atoms. The third-order valence-corrected chi connectivity index (χ3v) is 6.19. The summed E-state index contributed by atoms with van der Waals surface area (Å²) in [4.78, 5) is 0. The molecule has 0 fully saturated rings. The van der Waals surface area contributed by atoms with Gasteiger partial charge in [-0.1, -0.05) is 83.6 Å². The summed E-state index contributed by atoms with van der Waals surface area (Å²) in [6.45, 7) is 14.8. The van der Waals surface area contributed by atoms with Crippen molar-refractivity contribution in [1.82, 2.24) is 0 Å². The van der Waals surface area contributed by atoms with Crippen LogP contribution in [-0.4, -0.2) is 0 Å². The number of aryl methyl sites for hydroxylation is 4. The monoisotopic (exact) mass is 603 g/mol. The van der Waals surface area contributed by atoms with Crippen LogP contribution in [0.4, 0.5) is 0 Å². The molecule has 2 aliphatic rings. The Morgan fingerprint density at radius 3 is 1.22 bits per heavy atom. The van der Waals surface area contributed by atoms with Gasteiger partial charge in [0.25, 0.3) is 0 Å². The Balaban J connectivity index is 0.000000303. The van der Waals surface area contributed by atoms with Crippen LogP contribution in [0.3, 0.4) is 0 Å². The van der Waals surface area contributed by atoms with E-state index in [1.54, 1.807) is 0 Å². The first-order chi connectivity index (χ1) is 16.2. The van der Waals surface area contributed by atoms with Crippen molar-refractivity contribution in [1.29, 1.82) is 0 Å². The third kappa shape index (κ3) is 8.16. The fraction of sp³-hybridized carbons (Fsp3) is 0.265. The van der Waals surface area contributed by atoms with E-state index in [9.17, 15) is 0 Å². The SMILES string of the molecule is C[C-](C)C.Cc1c[c-]c2c(c1)-c1cc(C)ccc1C2.Cc1c[c-]c2c(c1)-c1cc(C)ccc1C2.[Cl-].[Cl-].[Zr+2]. The average Bonchev–Trinajstić information content (AvgIpc) is 3.31. The molecule has 0 saturated heterocycles. The van der Waals surface area contributed by atoms with Crippen LogP contribution in [0.15, 0.2) is 60.7 Å². The van der Waals surface area contributed by atoms with Crippen LogP contribution in [0.2, 0.25) is 0 Å². The predicted molar refractivity (Wildman–Crippen MR) is 146 cm³/mol. The van der Waals surface area contributed by atoms with Crippen LogP contribution in [0.25, 0.3) is 22.3 Å². The zero-order valence-corrected chi connectivity index (χ0v) is 26.9. The molecule has 4 aromatic rings. The molecular formula is C34H35Cl2Zr-3. The summed E-state index contributed by atoms with van der Waals surface area (Å²) in [5.74, 6) is 1.42. The Labute approximate surface area is 256 Å². The average molecular weight is 606 g/mol. The predicted octanol–water partition coefficient (Wildman–Crippen LogP) is 2.98. The van der Waals surface area contributed by atoms with Gasteiger partial charge >= 0.3 is 26.2 Å². The summed E-state index contributed by atoms with van der Waals surface area (Å²) < 4.78 is 0. The first kappa shape index (κ1) is 33.4. The fourth-order valence-corrected chi connectivity index (χ4v) is 4.61. The molecule has 0 aliphatic heterocycles. The van der Waals surface area contributed by atoms with Gasteiger partial charge in [0.05, 0.1) is 0 Å². The van der Waals surface area contributed by atoms with E-state index >= 15 is 0 Å². The number of hydrogen-bond acceptors (Lipinski definition) is 0. The Bertz CT molecular complexity index is 1140. The quantitative estimate of drug-likeness (QED) is 0.234. The van der Waals surface area contributed by atoms with Gasteiger partial charge in [-0.15, -0.1) is 11.1 Å². The van der Waals surface area contributed by atoms with Crippen LogP contribution in [-0.2, 0) is 39.0 Å². The summed E-state index contributed by atoms with van der Waals surface area (Å²) in [6.07, 6.45) is 2.09. The molecule has 0 nitrogen and oxygen atoms in total. The Hall–Kier alpha value is -1.66. The normalized spacial score (nSPS) is 11.0. The Kier molecular flexibility index (Phi) is 13.1. The zero-order valence-electron chi connectivity index (χ0n) is 22.9. The summed E-state index contributed by atoms with van der Waals surface area (Å²) in [5.41, 5.74) is 16.4. The summed E-state index contributed by atoms with van der Waals surface area (Å²) in [7, 11) is 0. The van der Waals surface area contributed by atoms with Crippen molar-refractivity contribution in [3.05, 3.63) is 123 Å². The maximum atomic E-state index is 3.38. The van der Waals surface area contributed by atoms with E-state index in [0.29, 0.717) is 0 Å². The number of hydrogen-bond donors (Lipinski definition) is 0. The van der Waals surface area contributed by atoms with Crippen molar-refractivity contribution in [2.75, 3.05) is 0 Å². The minimum atomic E-state index is 0. The van der Waals surface area contributed by atoms with Gasteiger partial charge in [-0.05, 0) is 26.7 Å². The zero-order chi connectivity index (χ0) is 24.4. The van der Waals surface area contributed by atoms with Crippen LogP contribution in [0.5, 0.6) is 0 Å². The van der Waals surface area contributed by atoms with E-state index in [1.807, 2.05) is 0 Å². The first-order valence-electron chi connectivity index (χ1n) is 12.2. The number of benzene rings is 4. The topological polar surface area (TPSA) is 0 Å². The Morgan fingerprint density at radius 2 is 0.865 bits per heavy atom. The van der Waals surface area contributed by atoms with Crippen LogP contribution < -0.4 is 24.8 Å². The molecule has 0 amide bonds. The van der Waals surface area contributed by atoms with E-state index in [1.165, 1.54) is 72.7 Å². The second kappa shape index (κ2) is 14.5. The maximum Gasteiger partial charge on any atom is 2.00 e. The third-order valence-electron chi connectivity index (χ3n) is 6.19. The van der Waals surface area contributed by atoms with Crippen molar-refractivity contribution in [3.8, 4) is 22.3 Å². The van der Waals surface area contributed by atoms with Gasteiger partial charge in [-0.3, -0.25) is 0 Å². The van der Waals surface area contributed by atoms with Crippen molar-refractivity contribution in [2.45, 2.75) is 61.3 Å². The van der Waals surface area contributed by atoms with Crippen molar-refractivity contribution >= 4 is 0 Å². The molecule has 3 heteroatoms. The van der Waals surface area contributed by atoms with E-state index in [0.717, 1.165) is 12.8 Å². The largest absolute Gasteiger partial charge is 2.00 e. The van der Waals surface area contributed by atoms with Gasteiger partial charge in [-0.2, -0.15) is 79.4 Å². The van der Waals surface area contributed by atoms with Gasteiger partial charge < -0.3 is 30.7 Å². The van der Waals surface area contributed by atoms with E-state index in [2.05, 4.69) is 121 Å². The minimum absolute atomic E-state index is 0. The van der Waals surface area contributed by atoms with Gasteiger partial charge in [-0.25, -0.2) is 0 Å². The number of rotatable bonds is 0. The van der Waals surface area contributed by atoms with Crippen molar-refractivity contribution < 1.29 is 51.0 Å². The van der Waals surface area contributed by atoms with E-state index < -0.39 is 0 Å². The molecule has 4 aromatic carbocycles. The maximum absolute atomic E-state index is 3.38. The van der Waals surface area contributed by atoms with Crippen molar-refractivity contribution in [3.63, 3.8) is 0 Å². The van der Waals surface area contributed by atoms with Gasteiger partial charge in [0.15, 0.2) is 0 Å². The summed E-state index contributed by atoms with van der Waals surface area (Å²) in [6, 6.07) is 28.9. The standard InChI is InChI=1S/2C15H13.C4H9.2ClH.Zr/c2*1-10-3-5-12-9-13-6-4-11(2)8-15(13)14(12)7-10;1-4(2)3;;;/h2*3-5,7-8H,9H2,1-2H3;1-3H3;2*1H;/q3*-1;;;+2/p-2. The molecule has 0 saturated carbocycles. The minimum Gasteiger partial charge on any atom is -1.00 e. The van der Waals surface area contributed by atoms with E-state index in [-0.39, 0.29) is 51.0 Å². The molecule has 0 N–H and O–H groups in total. The molecule has 0 aromatic heterocycles. The molecule has 0 bridgehead atoms. The molecule has 2 aliphatic carbocycles. The second-order valence-corrected chi connectivity index (χ2v) is 10.3. The van der Waals surface area contributed by atoms with Gasteiger partial charge in [0.1, 0.15) is 0 Å². The fourth-order valence-electron chi connectivity index (χ4n) is 4.61. The number of halogens is 2. The summed E-state index contributed by atoms with van der Waals surface area (Å²) in [5, 5.41) is 0. The van der Waals surface area contributed by atoms with Crippen LogP contribution in [0.1, 0.15) is 65.3 Å².